The zero-order chi connectivity index (χ0) is 30.6. The lowest BCUT2D eigenvalue weighted by Gasteiger charge is -2.28. The van der Waals surface area contributed by atoms with Gasteiger partial charge in [-0.05, 0) is 54.2 Å². The number of benzene rings is 3. The highest BCUT2D eigenvalue weighted by Crippen LogP contribution is 2.35. The van der Waals surface area contributed by atoms with Crippen LogP contribution in [0, 0.1) is 6.92 Å². The molecule has 0 radical (unpaired) electrons. The highest BCUT2D eigenvalue weighted by atomic mass is 32.2. The Balaban J connectivity index is 1.46. The molecule has 3 aromatic carbocycles. The fraction of sp³-hybridized carbons (Fsp3) is 0.333. The molecule has 0 unspecified atom stereocenters. The molecule has 2 atom stereocenters. The first-order valence-electron chi connectivity index (χ1n) is 14.5. The van der Waals surface area contributed by atoms with Gasteiger partial charge in [0.2, 0.25) is 10.0 Å². The van der Waals surface area contributed by atoms with Crippen LogP contribution in [0.3, 0.4) is 0 Å². The van der Waals surface area contributed by atoms with Crippen molar-refractivity contribution in [2.45, 2.75) is 51.9 Å². The third kappa shape index (κ3) is 6.60. The van der Waals surface area contributed by atoms with Gasteiger partial charge >= 0.3 is 0 Å². The van der Waals surface area contributed by atoms with Crippen molar-refractivity contribution >= 4 is 39.0 Å². The fourth-order valence-electron chi connectivity index (χ4n) is 5.73. The summed E-state index contributed by atoms with van der Waals surface area (Å²) >= 11 is 0. The number of hydrogen-bond acceptors (Lipinski definition) is 6. The standard InChI is InChI=1S/C33H38N4O5S/c1-4-25-21-37-14-15-43(40,41)36(3)30-18-27(17-28(25)32(30)37)33(39)35-29(16-24-11-6-5-7-12-24)31(42-22-38)20-34-19-26-13-9-8-10-23(26)2/h5-13,17-18,21-22,29,31,34H,4,14-16,19-20H2,1-3H3,(H,35,39)/t29-,31+/m0/s1. The van der Waals surface area contributed by atoms with E-state index in [9.17, 15) is 18.0 Å². The quantitative estimate of drug-likeness (QED) is 0.238. The summed E-state index contributed by atoms with van der Waals surface area (Å²) in [6, 6.07) is 20.7. The predicted octanol–water partition coefficient (Wildman–Crippen LogP) is 3.96. The minimum absolute atomic E-state index is 0.0218. The van der Waals surface area contributed by atoms with Gasteiger partial charge in [-0.3, -0.25) is 13.9 Å². The minimum Gasteiger partial charge on any atom is -0.461 e. The number of nitrogens with zero attached hydrogens (tertiary/aromatic N) is 2. The number of sulfonamides is 1. The van der Waals surface area contributed by atoms with Crippen LogP contribution in [0.1, 0.15) is 39.5 Å². The molecule has 226 valence electrons. The molecule has 1 aliphatic rings. The summed E-state index contributed by atoms with van der Waals surface area (Å²) in [4.78, 5) is 25.6. The summed E-state index contributed by atoms with van der Waals surface area (Å²) in [6.07, 6.45) is 2.49. The normalized spacial score (nSPS) is 15.5. The van der Waals surface area contributed by atoms with Crippen molar-refractivity contribution in [1.29, 1.82) is 0 Å². The van der Waals surface area contributed by atoms with Gasteiger partial charge in [0.15, 0.2) is 0 Å². The maximum atomic E-state index is 13.9. The SMILES string of the molecule is CCc1cn2c3c(cc(C(=O)N[C@@H](Cc4ccccc4)[C@@H](CNCc4ccccc4C)OC=O)cc13)N(C)S(=O)(=O)CC2. The van der Waals surface area contributed by atoms with E-state index in [2.05, 4.69) is 10.6 Å². The molecule has 0 saturated heterocycles. The van der Waals surface area contributed by atoms with Gasteiger partial charge in [-0.15, -0.1) is 0 Å². The molecular formula is C33H38N4O5S. The van der Waals surface area contributed by atoms with Crippen molar-refractivity contribution in [2.24, 2.45) is 0 Å². The number of nitrogens with one attached hydrogen (secondary N) is 2. The molecule has 0 bridgehead atoms. The van der Waals surface area contributed by atoms with Gasteiger partial charge in [-0.2, -0.15) is 0 Å². The Hall–Kier alpha value is -4.15. The summed E-state index contributed by atoms with van der Waals surface area (Å²) in [5.41, 5.74) is 5.92. The highest BCUT2D eigenvalue weighted by Gasteiger charge is 2.30. The summed E-state index contributed by atoms with van der Waals surface area (Å²) < 4.78 is 34.7. The highest BCUT2D eigenvalue weighted by molar-refractivity contribution is 7.92. The molecule has 1 aromatic heterocycles. The maximum absolute atomic E-state index is 13.9. The largest absolute Gasteiger partial charge is 0.461 e. The molecule has 0 spiro atoms. The van der Waals surface area contributed by atoms with Crippen LogP contribution in [-0.2, 0) is 45.5 Å². The second kappa shape index (κ2) is 13.0. The lowest BCUT2D eigenvalue weighted by Crippen LogP contribution is -2.50. The van der Waals surface area contributed by atoms with Crippen molar-refractivity contribution < 1.29 is 22.7 Å². The van der Waals surface area contributed by atoms with Gasteiger partial charge in [0.05, 0.1) is 23.0 Å². The Morgan fingerprint density at radius 3 is 2.53 bits per heavy atom. The van der Waals surface area contributed by atoms with E-state index in [-0.39, 0.29) is 11.7 Å². The van der Waals surface area contributed by atoms with Crippen molar-refractivity contribution in [3.63, 3.8) is 0 Å². The second-order valence-corrected chi connectivity index (χ2v) is 13.1. The Morgan fingerprint density at radius 2 is 1.81 bits per heavy atom. The number of amides is 1. The number of hydrogen-bond donors (Lipinski definition) is 2. The first kappa shape index (κ1) is 30.3. The van der Waals surface area contributed by atoms with Crippen molar-refractivity contribution in [1.82, 2.24) is 15.2 Å². The first-order chi connectivity index (χ1) is 20.7. The van der Waals surface area contributed by atoms with E-state index in [0.717, 1.165) is 39.6 Å². The van der Waals surface area contributed by atoms with Gasteiger partial charge in [0.1, 0.15) is 6.10 Å². The van der Waals surface area contributed by atoms with E-state index in [1.54, 1.807) is 6.07 Å². The van der Waals surface area contributed by atoms with Crippen molar-refractivity contribution in [2.75, 3.05) is 23.7 Å². The number of rotatable bonds is 12. The van der Waals surface area contributed by atoms with Crippen LogP contribution in [0.2, 0.25) is 0 Å². The van der Waals surface area contributed by atoms with E-state index < -0.39 is 22.2 Å². The van der Waals surface area contributed by atoms with Gasteiger partial charge in [-0.25, -0.2) is 8.42 Å². The molecule has 1 amide bonds. The lowest BCUT2D eigenvalue weighted by molar-refractivity contribution is -0.134. The number of carbonyl (C=O) groups is 2. The number of aryl methyl sites for hydroxylation is 3. The predicted molar refractivity (Wildman–Crippen MR) is 169 cm³/mol. The van der Waals surface area contributed by atoms with E-state index in [1.807, 2.05) is 85.3 Å². The average Bonchev–Trinajstić information content (AvgIpc) is 3.33. The Labute approximate surface area is 252 Å². The van der Waals surface area contributed by atoms with Crippen LogP contribution in [0.4, 0.5) is 5.69 Å². The zero-order valence-electron chi connectivity index (χ0n) is 24.7. The van der Waals surface area contributed by atoms with Gasteiger partial charge < -0.3 is 19.9 Å². The molecule has 2 N–H and O–H groups in total. The smallest absolute Gasteiger partial charge is 0.293 e. The summed E-state index contributed by atoms with van der Waals surface area (Å²) in [7, 11) is -2.02. The summed E-state index contributed by atoms with van der Waals surface area (Å²) in [6.45, 7) is 5.75. The molecule has 4 aromatic rings. The van der Waals surface area contributed by atoms with Gasteiger partial charge in [0.25, 0.3) is 12.4 Å². The van der Waals surface area contributed by atoms with E-state index in [0.29, 0.717) is 43.8 Å². The molecule has 0 fully saturated rings. The first-order valence-corrected chi connectivity index (χ1v) is 16.1. The van der Waals surface area contributed by atoms with Crippen LogP contribution < -0.4 is 14.9 Å². The lowest BCUT2D eigenvalue weighted by atomic mass is 9.99. The number of aromatic nitrogens is 1. The molecule has 9 nitrogen and oxygen atoms in total. The monoisotopic (exact) mass is 602 g/mol. The fourth-order valence-corrected chi connectivity index (χ4v) is 6.87. The Kier molecular flexibility index (Phi) is 9.17. The molecule has 0 aliphatic carbocycles. The average molecular weight is 603 g/mol. The number of ether oxygens (including phenoxy) is 1. The topological polar surface area (TPSA) is 110 Å². The molecular weight excluding hydrogens is 564 g/mol. The maximum Gasteiger partial charge on any atom is 0.293 e. The number of anilines is 1. The van der Waals surface area contributed by atoms with Crippen LogP contribution >= 0.6 is 0 Å². The van der Waals surface area contributed by atoms with E-state index in [4.69, 9.17) is 4.74 Å². The zero-order valence-corrected chi connectivity index (χ0v) is 25.6. The van der Waals surface area contributed by atoms with Crippen LogP contribution in [0.5, 0.6) is 0 Å². The molecule has 0 saturated carbocycles. The van der Waals surface area contributed by atoms with Gasteiger partial charge in [0, 0.05) is 43.8 Å². The third-order valence-electron chi connectivity index (χ3n) is 8.24. The Bertz CT molecular complexity index is 1720. The van der Waals surface area contributed by atoms with Crippen LogP contribution in [0.15, 0.2) is 72.9 Å². The summed E-state index contributed by atoms with van der Waals surface area (Å²) in [5.74, 6) is -0.395. The molecule has 5 rings (SSSR count). The van der Waals surface area contributed by atoms with Gasteiger partial charge in [-0.1, -0.05) is 61.5 Å². The van der Waals surface area contributed by atoms with E-state index in [1.165, 1.54) is 11.4 Å². The minimum atomic E-state index is -3.55. The van der Waals surface area contributed by atoms with E-state index >= 15 is 0 Å². The molecule has 1 aliphatic heterocycles. The number of carbonyl (C=O) groups excluding carboxylic acids is 2. The Morgan fingerprint density at radius 1 is 1.07 bits per heavy atom. The molecule has 2 heterocycles. The van der Waals surface area contributed by atoms with Crippen molar-refractivity contribution in [3.8, 4) is 0 Å². The third-order valence-corrected chi connectivity index (χ3v) is 9.97. The molecule has 10 heteroatoms. The summed E-state index contributed by atoms with van der Waals surface area (Å²) in [5, 5.41) is 7.36. The van der Waals surface area contributed by atoms with Crippen LogP contribution in [-0.4, -0.2) is 56.9 Å². The second-order valence-electron chi connectivity index (χ2n) is 11.0. The van der Waals surface area contributed by atoms with Crippen molar-refractivity contribution in [3.05, 3.63) is 101 Å². The van der Waals surface area contributed by atoms with Crippen LogP contribution in [0.25, 0.3) is 10.9 Å². The molecule has 43 heavy (non-hydrogen) atoms.